The first-order valence-electron chi connectivity index (χ1n) is 6.21. The van der Waals surface area contributed by atoms with E-state index in [1.165, 1.54) is 5.69 Å². The topological polar surface area (TPSA) is 39.1 Å². The monoisotopic (exact) mass is 229 g/mol. The highest BCUT2D eigenvalue weighted by atomic mass is 15.2. The summed E-state index contributed by atoms with van der Waals surface area (Å²) in [6, 6.07) is 11.1. The number of nitrogens with zero attached hydrogens (tertiary/aromatic N) is 2. The van der Waals surface area contributed by atoms with E-state index in [2.05, 4.69) is 30.1 Å². The Morgan fingerprint density at radius 2 is 2.00 bits per heavy atom. The molecule has 3 nitrogen and oxygen atoms in total. The molecule has 2 atom stereocenters. The van der Waals surface area contributed by atoms with Crippen LogP contribution in [-0.4, -0.2) is 25.2 Å². The molecule has 0 radical (unpaired) electrons. The summed E-state index contributed by atoms with van der Waals surface area (Å²) < 4.78 is 0. The lowest BCUT2D eigenvalue weighted by Gasteiger charge is -2.29. The van der Waals surface area contributed by atoms with Gasteiger partial charge >= 0.3 is 0 Å². The van der Waals surface area contributed by atoms with E-state index in [4.69, 9.17) is 5.26 Å². The van der Waals surface area contributed by atoms with Crippen LogP contribution in [0.3, 0.4) is 0 Å². The van der Waals surface area contributed by atoms with Gasteiger partial charge in [0.1, 0.15) is 0 Å². The maximum absolute atomic E-state index is 8.80. The van der Waals surface area contributed by atoms with Crippen LogP contribution in [0.15, 0.2) is 24.3 Å². The summed E-state index contributed by atoms with van der Waals surface area (Å²) in [5.74, 6) is 0. The van der Waals surface area contributed by atoms with Crippen molar-refractivity contribution in [1.82, 2.24) is 5.32 Å². The lowest BCUT2D eigenvalue weighted by molar-refractivity contribution is 0.548. The van der Waals surface area contributed by atoms with Crippen LogP contribution in [-0.2, 0) is 0 Å². The fourth-order valence-corrected chi connectivity index (χ4v) is 2.25. The van der Waals surface area contributed by atoms with Gasteiger partial charge in [-0.3, -0.25) is 0 Å². The lowest BCUT2D eigenvalue weighted by Crippen LogP contribution is -2.37. The minimum Gasteiger partial charge on any atom is -0.367 e. The summed E-state index contributed by atoms with van der Waals surface area (Å²) in [6.07, 6.45) is 1.16. The number of rotatable bonds is 1. The Morgan fingerprint density at radius 3 is 2.65 bits per heavy atom. The minimum absolute atomic E-state index is 0.493. The van der Waals surface area contributed by atoms with Crippen molar-refractivity contribution >= 4 is 5.69 Å². The van der Waals surface area contributed by atoms with Gasteiger partial charge in [-0.25, -0.2) is 0 Å². The highest BCUT2D eigenvalue weighted by molar-refractivity contribution is 5.50. The van der Waals surface area contributed by atoms with Gasteiger partial charge in [-0.1, -0.05) is 0 Å². The molecule has 1 aromatic carbocycles. The van der Waals surface area contributed by atoms with E-state index >= 15 is 0 Å². The van der Waals surface area contributed by atoms with Gasteiger partial charge in [0, 0.05) is 30.9 Å². The first-order chi connectivity index (χ1) is 8.20. The molecule has 0 bridgehead atoms. The zero-order chi connectivity index (χ0) is 12.3. The van der Waals surface area contributed by atoms with Crippen molar-refractivity contribution in [2.75, 3.05) is 18.0 Å². The third kappa shape index (κ3) is 2.78. The Labute approximate surface area is 103 Å². The molecule has 0 aliphatic carbocycles. The predicted molar refractivity (Wildman–Crippen MR) is 70.0 cm³/mol. The van der Waals surface area contributed by atoms with Gasteiger partial charge in [-0.15, -0.1) is 0 Å². The quantitative estimate of drug-likeness (QED) is 0.802. The molecule has 90 valence electrons. The van der Waals surface area contributed by atoms with Crippen LogP contribution >= 0.6 is 0 Å². The van der Waals surface area contributed by atoms with Crippen molar-refractivity contribution in [3.63, 3.8) is 0 Å². The van der Waals surface area contributed by atoms with Crippen molar-refractivity contribution in [2.24, 2.45) is 0 Å². The summed E-state index contributed by atoms with van der Waals surface area (Å²) in [7, 11) is 0. The van der Waals surface area contributed by atoms with Crippen LogP contribution in [0.2, 0.25) is 0 Å². The highest BCUT2D eigenvalue weighted by Crippen LogP contribution is 2.20. The predicted octanol–water partition coefficient (Wildman–Crippen LogP) is 2.13. The Morgan fingerprint density at radius 1 is 1.29 bits per heavy atom. The molecule has 0 spiro atoms. The molecule has 2 rings (SSSR count). The molecule has 1 aromatic rings. The van der Waals surface area contributed by atoms with E-state index in [1.54, 1.807) is 0 Å². The molecular formula is C14H19N3. The van der Waals surface area contributed by atoms with Crippen LogP contribution in [0, 0.1) is 11.3 Å². The van der Waals surface area contributed by atoms with E-state index in [-0.39, 0.29) is 0 Å². The molecule has 1 N–H and O–H groups in total. The van der Waals surface area contributed by atoms with Crippen molar-refractivity contribution in [1.29, 1.82) is 5.26 Å². The van der Waals surface area contributed by atoms with Crippen LogP contribution in [0.4, 0.5) is 5.69 Å². The average Bonchev–Trinajstić information content (AvgIpc) is 2.52. The first-order valence-corrected chi connectivity index (χ1v) is 6.21. The molecule has 1 fully saturated rings. The second-order valence-electron chi connectivity index (χ2n) is 4.80. The van der Waals surface area contributed by atoms with Crippen LogP contribution < -0.4 is 10.2 Å². The first kappa shape index (κ1) is 11.9. The zero-order valence-corrected chi connectivity index (χ0v) is 10.5. The maximum atomic E-state index is 8.80. The van der Waals surface area contributed by atoms with E-state index in [9.17, 15) is 0 Å². The van der Waals surface area contributed by atoms with Gasteiger partial charge in [0.05, 0.1) is 11.6 Å². The van der Waals surface area contributed by atoms with Crippen molar-refractivity contribution in [3.05, 3.63) is 29.8 Å². The van der Waals surface area contributed by atoms with E-state index in [0.29, 0.717) is 12.1 Å². The van der Waals surface area contributed by atoms with Gasteiger partial charge in [0.2, 0.25) is 0 Å². The Kier molecular flexibility index (Phi) is 3.65. The van der Waals surface area contributed by atoms with Crippen molar-refractivity contribution in [2.45, 2.75) is 32.4 Å². The Hall–Kier alpha value is -1.53. The number of hydrogen-bond donors (Lipinski definition) is 1. The second-order valence-corrected chi connectivity index (χ2v) is 4.80. The summed E-state index contributed by atoms with van der Waals surface area (Å²) >= 11 is 0. The molecule has 0 aromatic heterocycles. The standard InChI is InChI=1S/C14H19N3/c1-11-7-8-17(12(2)10-16-11)14-5-3-13(9-15)4-6-14/h3-6,11-12,16H,7-8,10H2,1-2H3. The fraction of sp³-hybridized carbons (Fsp3) is 0.500. The SMILES string of the molecule is CC1CCN(c2ccc(C#N)cc2)C(C)CN1. The number of nitriles is 1. The molecule has 1 aliphatic rings. The summed E-state index contributed by atoms with van der Waals surface area (Å²) in [5.41, 5.74) is 1.94. The van der Waals surface area contributed by atoms with Crippen LogP contribution in [0.5, 0.6) is 0 Å². The number of benzene rings is 1. The van der Waals surface area contributed by atoms with Gasteiger partial charge in [-0.05, 0) is 44.5 Å². The fourth-order valence-electron chi connectivity index (χ4n) is 2.25. The van der Waals surface area contributed by atoms with E-state index < -0.39 is 0 Å². The molecule has 0 amide bonds. The lowest BCUT2D eigenvalue weighted by atomic mass is 10.1. The molecule has 1 aliphatic heterocycles. The van der Waals surface area contributed by atoms with Gasteiger partial charge in [0.25, 0.3) is 0 Å². The average molecular weight is 229 g/mol. The molecule has 17 heavy (non-hydrogen) atoms. The normalized spacial score (nSPS) is 25.1. The zero-order valence-electron chi connectivity index (χ0n) is 10.5. The summed E-state index contributed by atoms with van der Waals surface area (Å²) in [5, 5.41) is 12.3. The molecule has 3 heteroatoms. The molecular weight excluding hydrogens is 210 g/mol. The molecule has 2 unspecified atom stereocenters. The van der Waals surface area contributed by atoms with E-state index in [1.807, 2.05) is 24.3 Å². The number of hydrogen-bond acceptors (Lipinski definition) is 3. The van der Waals surface area contributed by atoms with E-state index in [0.717, 1.165) is 25.1 Å². The maximum Gasteiger partial charge on any atom is 0.0991 e. The third-order valence-corrected chi connectivity index (χ3v) is 3.42. The number of anilines is 1. The minimum atomic E-state index is 0.493. The third-order valence-electron chi connectivity index (χ3n) is 3.42. The Bertz CT molecular complexity index is 404. The second kappa shape index (κ2) is 5.20. The van der Waals surface area contributed by atoms with Gasteiger partial charge < -0.3 is 10.2 Å². The summed E-state index contributed by atoms with van der Waals surface area (Å²) in [4.78, 5) is 2.41. The molecule has 1 saturated heterocycles. The highest BCUT2D eigenvalue weighted by Gasteiger charge is 2.19. The largest absolute Gasteiger partial charge is 0.367 e. The van der Waals surface area contributed by atoms with Crippen LogP contribution in [0.1, 0.15) is 25.8 Å². The van der Waals surface area contributed by atoms with Gasteiger partial charge in [0.15, 0.2) is 0 Å². The van der Waals surface area contributed by atoms with Crippen molar-refractivity contribution in [3.8, 4) is 6.07 Å². The van der Waals surface area contributed by atoms with Gasteiger partial charge in [-0.2, -0.15) is 5.26 Å². The summed E-state index contributed by atoms with van der Waals surface area (Å²) in [6.45, 7) is 6.56. The van der Waals surface area contributed by atoms with Crippen molar-refractivity contribution < 1.29 is 0 Å². The molecule has 1 heterocycles. The number of nitrogens with one attached hydrogen (secondary N) is 1. The Balaban J connectivity index is 2.16. The smallest absolute Gasteiger partial charge is 0.0991 e. The molecule has 0 saturated carbocycles. The van der Waals surface area contributed by atoms with Crippen LogP contribution in [0.25, 0.3) is 0 Å².